The molecule has 0 radical (unpaired) electrons. The van der Waals surface area contributed by atoms with Gasteiger partial charge in [-0.25, -0.2) is 9.50 Å². The highest BCUT2D eigenvalue weighted by molar-refractivity contribution is 5.90. The van der Waals surface area contributed by atoms with E-state index in [0.717, 1.165) is 25.2 Å². The van der Waals surface area contributed by atoms with Crippen LogP contribution in [0.1, 0.15) is 43.4 Å². The monoisotopic (exact) mass is 395 g/mol. The molecule has 154 valence electrons. The van der Waals surface area contributed by atoms with Crippen molar-refractivity contribution in [2.45, 2.75) is 32.8 Å². The number of carbonyl (C=O) groups is 1. The van der Waals surface area contributed by atoms with Gasteiger partial charge in [0, 0.05) is 25.7 Å². The lowest BCUT2D eigenvalue weighted by atomic mass is 9.99. The summed E-state index contributed by atoms with van der Waals surface area (Å²) in [4.78, 5) is 18.4. The van der Waals surface area contributed by atoms with Crippen molar-refractivity contribution in [3.05, 3.63) is 60.0 Å². The van der Waals surface area contributed by atoms with Crippen molar-refractivity contribution in [3.63, 3.8) is 0 Å². The number of carbonyl (C=O) groups excluding carboxylic acids is 1. The third-order valence-corrected chi connectivity index (χ3v) is 4.96. The van der Waals surface area contributed by atoms with Crippen LogP contribution in [0.5, 0.6) is 0 Å². The van der Waals surface area contributed by atoms with Crippen molar-refractivity contribution in [1.29, 1.82) is 0 Å². The van der Waals surface area contributed by atoms with Crippen molar-refractivity contribution >= 4 is 17.2 Å². The van der Waals surface area contributed by atoms with Gasteiger partial charge in [0.05, 0.1) is 17.5 Å². The molecule has 0 spiro atoms. The van der Waals surface area contributed by atoms with E-state index < -0.39 is 5.60 Å². The Morgan fingerprint density at radius 3 is 2.31 bits per heavy atom. The molecule has 3 aromatic rings. The molecule has 0 saturated carbocycles. The van der Waals surface area contributed by atoms with E-state index in [9.17, 15) is 9.90 Å². The van der Waals surface area contributed by atoms with Crippen LogP contribution in [0, 0.1) is 5.92 Å². The third-order valence-electron chi connectivity index (χ3n) is 4.96. The first kappa shape index (κ1) is 20.8. The van der Waals surface area contributed by atoms with Crippen LogP contribution in [0.3, 0.4) is 0 Å². The second kappa shape index (κ2) is 8.61. The minimum atomic E-state index is -1.07. The van der Waals surface area contributed by atoms with Crippen molar-refractivity contribution in [1.82, 2.24) is 19.9 Å². The Hall–Kier alpha value is -2.93. The molecule has 2 aromatic heterocycles. The number of nitrogens with one attached hydrogen (secondary N) is 1. The Kier molecular flexibility index (Phi) is 6.17. The number of fused-ring (bicyclic) bond motifs is 1. The molecule has 1 atom stereocenters. The van der Waals surface area contributed by atoms with Crippen molar-refractivity contribution in [2.75, 3.05) is 25.0 Å². The minimum absolute atomic E-state index is 0.102. The number of rotatable bonds is 3. The number of pyridine rings is 1. The smallest absolute Gasteiger partial charge is 0.290 e. The van der Waals surface area contributed by atoms with Gasteiger partial charge in [-0.15, -0.1) is 5.10 Å². The fourth-order valence-corrected chi connectivity index (χ4v) is 3.36. The highest BCUT2D eigenvalue weighted by Gasteiger charge is 2.27. The summed E-state index contributed by atoms with van der Waals surface area (Å²) in [7, 11) is 1.54. The molecule has 1 aliphatic heterocycles. The van der Waals surface area contributed by atoms with E-state index >= 15 is 0 Å². The van der Waals surface area contributed by atoms with Gasteiger partial charge < -0.3 is 15.3 Å². The second-order valence-corrected chi connectivity index (χ2v) is 7.95. The molecule has 7 nitrogen and oxygen atoms in total. The topological polar surface area (TPSA) is 82.8 Å². The van der Waals surface area contributed by atoms with E-state index in [1.807, 2.05) is 48.7 Å². The third kappa shape index (κ3) is 4.92. The van der Waals surface area contributed by atoms with E-state index in [0.29, 0.717) is 17.1 Å². The van der Waals surface area contributed by atoms with Gasteiger partial charge in [0.1, 0.15) is 0 Å². The molecule has 1 aromatic carbocycles. The lowest BCUT2D eigenvalue weighted by Gasteiger charge is -2.23. The van der Waals surface area contributed by atoms with E-state index in [-0.39, 0.29) is 11.7 Å². The largest absolute Gasteiger partial charge is 0.386 e. The maximum Gasteiger partial charge on any atom is 0.290 e. The van der Waals surface area contributed by atoms with E-state index in [2.05, 4.69) is 27.2 Å². The molecular weight excluding hydrogens is 366 g/mol. The van der Waals surface area contributed by atoms with Gasteiger partial charge >= 0.3 is 0 Å². The molecule has 1 saturated heterocycles. The summed E-state index contributed by atoms with van der Waals surface area (Å²) in [5.41, 5.74) is 1.09. The van der Waals surface area contributed by atoms with Gasteiger partial charge in [0.25, 0.3) is 5.91 Å². The highest BCUT2D eigenvalue weighted by Crippen LogP contribution is 2.30. The molecular formula is C22H29N5O2. The van der Waals surface area contributed by atoms with Crippen LogP contribution < -0.4 is 10.2 Å². The molecule has 1 amide bonds. The van der Waals surface area contributed by atoms with E-state index in [1.54, 1.807) is 25.4 Å². The fraction of sp³-hybridized carbons (Fsp3) is 0.409. The van der Waals surface area contributed by atoms with Gasteiger partial charge in [-0.3, -0.25) is 4.79 Å². The van der Waals surface area contributed by atoms with Gasteiger partial charge in [-0.05, 0) is 32.3 Å². The van der Waals surface area contributed by atoms with Crippen molar-refractivity contribution < 1.29 is 9.90 Å². The number of hydrogen-bond donors (Lipinski definition) is 2. The first-order valence-corrected chi connectivity index (χ1v) is 9.90. The van der Waals surface area contributed by atoms with Gasteiger partial charge in [-0.1, -0.05) is 43.3 Å². The summed E-state index contributed by atoms with van der Waals surface area (Å²) >= 11 is 0. The Labute approximate surface area is 171 Å². The molecule has 29 heavy (non-hydrogen) atoms. The summed E-state index contributed by atoms with van der Waals surface area (Å²) in [5.74, 6) is 0.408. The van der Waals surface area contributed by atoms with E-state index in [4.69, 9.17) is 0 Å². The van der Waals surface area contributed by atoms with Crippen LogP contribution >= 0.6 is 0 Å². The summed E-state index contributed by atoms with van der Waals surface area (Å²) in [6, 6.07) is 14.0. The molecule has 1 unspecified atom stereocenters. The summed E-state index contributed by atoms with van der Waals surface area (Å²) in [6.45, 7) is 7.62. The molecule has 0 aliphatic carbocycles. The predicted octanol–water partition coefficient (Wildman–Crippen LogP) is 2.85. The zero-order chi connectivity index (χ0) is 21.0. The molecule has 7 heteroatoms. The van der Waals surface area contributed by atoms with Crippen molar-refractivity contribution in [3.8, 4) is 0 Å². The average molecular weight is 396 g/mol. The highest BCUT2D eigenvalue weighted by atomic mass is 16.3. The molecule has 0 bridgehead atoms. The first-order chi connectivity index (χ1) is 13.8. The lowest BCUT2D eigenvalue weighted by molar-refractivity contribution is 0.0795. The van der Waals surface area contributed by atoms with Crippen LogP contribution in [0.15, 0.2) is 48.7 Å². The zero-order valence-corrected chi connectivity index (χ0v) is 17.5. The Bertz CT molecular complexity index is 936. The molecule has 4 rings (SSSR count). The number of aliphatic hydroxyl groups is 1. The Morgan fingerprint density at radius 2 is 1.83 bits per heavy atom. The molecule has 2 N–H and O–H groups in total. The summed E-state index contributed by atoms with van der Waals surface area (Å²) < 4.78 is 1.59. The van der Waals surface area contributed by atoms with Crippen LogP contribution in [-0.2, 0) is 5.60 Å². The lowest BCUT2D eigenvalue weighted by Crippen LogP contribution is -2.22. The molecule has 3 heterocycles. The van der Waals surface area contributed by atoms with Crippen LogP contribution in [0.2, 0.25) is 0 Å². The second-order valence-electron chi connectivity index (χ2n) is 7.95. The fourth-order valence-electron chi connectivity index (χ4n) is 3.36. The summed E-state index contributed by atoms with van der Waals surface area (Å²) in [6.07, 6.45) is 3.03. The number of anilines is 1. The van der Waals surface area contributed by atoms with Crippen LogP contribution in [-0.4, -0.2) is 45.7 Å². The predicted molar refractivity (Wildman–Crippen MR) is 114 cm³/mol. The van der Waals surface area contributed by atoms with Crippen LogP contribution in [0.4, 0.5) is 5.69 Å². The molecule has 1 aliphatic rings. The first-order valence-electron chi connectivity index (χ1n) is 9.90. The normalized spacial score (nSPS) is 16.4. The Balaban J connectivity index is 0.000000343. The SMILES string of the molecule is CNC(=O)c1nc2c(C(C)(C)O)cc(N3CCC(C)C3)cn2n1.c1ccccc1. The van der Waals surface area contributed by atoms with Crippen LogP contribution in [0.25, 0.3) is 5.65 Å². The average Bonchev–Trinajstić information content (AvgIpc) is 3.33. The Morgan fingerprint density at radius 1 is 1.21 bits per heavy atom. The van der Waals surface area contributed by atoms with Gasteiger partial charge in [-0.2, -0.15) is 0 Å². The van der Waals surface area contributed by atoms with Gasteiger partial charge in [0.15, 0.2) is 5.65 Å². The number of benzene rings is 1. The zero-order valence-electron chi connectivity index (χ0n) is 17.5. The van der Waals surface area contributed by atoms with Crippen molar-refractivity contribution in [2.24, 2.45) is 5.92 Å². The molecule has 1 fully saturated rings. The quantitative estimate of drug-likeness (QED) is 0.713. The number of amides is 1. The van der Waals surface area contributed by atoms with E-state index in [1.165, 1.54) is 0 Å². The summed E-state index contributed by atoms with van der Waals surface area (Å²) in [5, 5.41) is 17.3. The number of hydrogen-bond acceptors (Lipinski definition) is 5. The van der Waals surface area contributed by atoms with Gasteiger partial charge in [0.2, 0.25) is 5.82 Å². The maximum absolute atomic E-state index is 11.8. The maximum atomic E-state index is 11.8. The number of nitrogens with zero attached hydrogens (tertiary/aromatic N) is 4. The standard InChI is InChI=1S/C16H23N5O2.C6H6/c1-10-5-6-20(8-10)11-7-12(16(2,3)23)14-18-13(15(22)17-4)19-21(14)9-11;1-2-4-6-5-3-1/h7,9-10,23H,5-6,8H2,1-4H3,(H,17,22);1-6H. The minimum Gasteiger partial charge on any atom is -0.386 e. The number of aromatic nitrogens is 3.